The average Bonchev–Trinajstić information content (AvgIpc) is 2.44. The lowest BCUT2D eigenvalue weighted by Gasteiger charge is -2.08. The van der Waals surface area contributed by atoms with Gasteiger partial charge < -0.3 is 10.4 Å². The third-order valence-corrected chi connectivity index (χ3v) is 2.73. The Bertz CT molecular complexity index is 690. The molecule has 5 nitrogen and oxygen atoms in total. The molecule has 1 aromatic carbocycles. The summed E-state index contributed by atoms with van der Waals surface area (Å²) < 4.78 is 0. The first-order chi connectivity index (χ1) is 9.58. The van der Waals surface area contributed by atoms with Crippen molar-refractivity contribution in [1.82, 2.24) is 4.98 Å². The van der Waals surface area contributed by atoms with Crippen molar-refractivity contribution in [2.75, 3.05) is 5.32 Å². The van der Waals surface area contributed by atoms with E-state index in [-0.39, 0.29) is 5.56 Å². The standard InChI is InChI=1S/C15H13N3O2/c1-10-5-13(15(19)20)7-14(18-10)17-9-12-4-2-3-11(6-12)8-16/h2-7H,9H2,1H3,(H,17,18)(H,19,20). The molecule has 5 heteroatoms. The van der Waals surface area contributed by atoms with Gasteiger partial charge in [-0.05, 0) is 36.8 Å². The molecule has 0 aliphatic heterocycles. The van der Waals surface area contributed by atoms with Crippen LogP contribution in [0.3, 0.4) is 0 Å². The Balaban J connectivity index is 2.14. The molecule has 0 aliphatic rings. The number of aromatic nitrogens is 1. The van der Waals surface area contributed by atoms with Crippen molar-refractivity contribution in [2.45, 2.75) is 13.5 Å². The van der Waals surface area contributed by atoms with Crippen LogP contribution in [0.15, 0.2) is 36.4 Å². The van der Waals surface area contributed by atoms with Crippen LogP contribution in [-0.4, -0.2) is 16.1 Å². The summed E-state index contributed by atoms with van der Waals surface area (Å²) >= 11 is 0. The van der Waals surface area contributed by atoms with Crippen molar-refractivity contribution < 1.29 is 9.90 Å². The van der Waals surface area contributed by atoms with E-state index in [2.05, 4.69) is 16.4 Å². The summed E-state index contributed by atoms with van der Waals surface area (Å²) in [6.45, 7) is 2.22. The molecule has 0 unspecified atom stereocenters. The lowest BCUT2D eigenvalue weighted by molar-refractivity contribution is 0.0696. The predicted octanol–water partition coefficient (Wildman–Crippen LogP) is 2.57. The molecule has 2 N–H and O–H groups in total. The van der Waals surface area contributed by atoms with Gasteiger partial charge >= 0.3 is 5.97 Å². The molecule has 0 spiro atoms. The third kappa shape index (κ3) is 3.33. The monoisotopic (exact) mass is 267 g/mol. The van der Waals surface area contributed by atoms with E-state index < -0.39 is 5.97 Å². The highest BCUT2D eigenvalue weighted by Gasteiger charge is 2.06. The fourth-order valence-corrected chi connectivity index (χ4v) is 1.83. The van der Waals surface area contributed by atoms with Gasteiger partial charge in [0.15, 0.2) is 0 Å². The number of rotatable bonds is 4. The van der Waals surface area contributed by atoms with Crippen molar-refractivity contribution in [3.63, 3.8) is 0 Å². The van der Waals surface area contributed by atoms with Crippen LogP contribution < -0.4 is 5.32 Å². The lowest BCUT2D eigenvalue weighted by atomic mass is 10.1. The van der Waals surface area contributed by atoms with E-state index in [1.165, 1.54) is 12.1 Å². The van der Waals surface area contributed by atoms with E-state index in [4.69, 9.17) is 10.4 Å². The molecule has 0 amide bonds. The van der Waals surface area contributed by atoms with Crippen molar-refractivity contribution >= 4 is 11.8 Å². The Hall–Kier alpha value is -2.87. The maximum absolute atomic E-state index is 11.0. The molecule has 2 aromatic rings. The number of anilines is 1. The van der Waals surface area contributed by atoms with Crippen LogP contribution in [-0.2, 0) is 6.54 Å². The number of hydrogen-bond acceptors (Lipinski definition) is 4. The van der Waals surface area contributed by atoms with E-state index in [0.717, 1.165) is 5.56 Å². The van der Waals surface area contributed by atoms with E-state index in [9.17, 15) is 4.79 Å². The third-order valence-electron chi connectivity index (χ3n) is 2.73. The summed E-state index contributed by atoms with van der Waals surface area (Å²) in [5.41, 5.74) is 2.36. The molecule has 0 aliphatic carbocycles. The van der Waals surface area contributed by atoms with Crippen LogP contribution in [0.4, 0.5) is 5.82 Å². The highest BCUT2D eigenvalue weighted by molar-refractivity contribution is 5.88. The second-order valence-corrected chi connectivity index (χ2v) is 4.35. The fraction of sp³-hybridized carbons (Fsp3) is 0.133. The van der Waals surface area contributed by atoms with Gasteiger partial charge in [-0.1, -0.05) is 12.1 Å². The predicted molar refractivity (Wildman–Crippen MR) is 74.4 cm³/mol. The van der Waals surface area contributed by atoms with Gasteiger partial charge in [-0.25, -0.2) is 9.78 Å². The highest BCUT2D eigenvalue weighted by atomic mass is 16.4. The number of nitriles is 1. The maximum Gasteiger partial charge on any atom is 0.335 e. The van der Waals surface area contributed by atoms with E-state index in [1.807, 2.05) is 12.1 Å². The molecule has 1 heterocycles. The van der Waals surface area contributed by atoms with Crippen molar-refractivity contribution in [2.24, 2.45) is 0 Å². The van der Waals surface area contributed by atoms with E-state index in [1.54, 1.807) is 19.1 Å². The number of pyridine rings is 1. The number of hydrogen-bond donors (Lipinski definition) is 2. The highest BCUT2D eigenvalue weighted by Crippen LogP contribution is 2.12. The molecule has 0 atom stereocenters. The molecular weight excluding hydrogens is 254 g/mol. The number of carboxylic acids is 1. The Morgan fingerprint density at radius 1 is 1.40 bits per heavy atom. The Morgan fingerprint density at radius 2 is 2.20 bits per heavy atom. The first kappa shape index (κ1) is 13.6. The first-order valence-corrected chi connectivity index (χ1v) is 6.03. The Morgan fingerprint density at radius 3 is 2.90 bits per heavy atom. The Labute approximate surface area is 116 Å². The molecule has 100 valence electrons. The molecule has 20 heavy (non-hydrogen) atoms. The van der Waals surface area contributed by atoms with Crippen molar-refractivity contribution in [3.05, 3.63) is 58.8 Å². The van der Waals surface area contributed by atoms with Crippen LogP contribution in [0.2, 0.25) is 0 Å². The number of carbonyl (C=O) groups is 1. The summed E-state index contributed by atoms with van der Waals surface area (Å²) in [5.74, 6) is -0.477. The lowest BCUT2D eigenvalue weighted by Crippen LogP contribution is -2.05. The minimum Gasteiger partial charge on any atom is -0.478 e. The molecule has 0 radical (unpaired) electrons. The SMILES string of the molecule is Cc1cc(C(=O)O)cc(NCc2cccc(C#N)c2)n1. The summed E-state index contributed by atoms with van der Waals surface area (Å²) in [4.78, 5) is 15.2. The first-order valence-electron chi connectivity index (χ1n) is 6.03. The minimum absolute atomic E-state index is 0.200. The molecule has 0 fully saturated rings. The number of benzene rings is 1. The van der Waals surface area contributed by atoms with Gasteiger partial charge in [-0.2, -0.15) is 5.26 Å². The molecule has 0 saturated carbocycles. The Kier molecular flexibility index (Phi) is 3.96. The second-order valence-electron chi connectivity index (χ2n) is 4.35. The van der Waals surface area contributed by atoms with Crippen LogP contribution in [0.5, 0.6) is 0 Å². The zero-order valence-electron chi connectivity index (χ0n) is 10.9. The largest absolute Gasteiger partial charge is 0.478 e. The zero-order chi connectivity index (χ0) is 14.5. The quantitative estimate of drug-likeness (QED) is 0.889. The van der Waals surface area contributed by atoms with E-state index >= 15 is 0 Å². The second kappa shape index (κ2) is 5.85. The van der Waals surface area contributed by atoms with E-state index in [0.29, 0.717) is 23.6 Å². The maximum atomic E-state index is 11.0. The number of aromatic carboxylic acids is 1. The average molecular weight is 267 g/mol. The number of aryl methyl sites for hydroxylation is 1. The van der Waals surface area contributed by atoms with Gasteiger partial charge in [-0.3, -0.25) is 0 Å². The topological polar surface area (TPSA) is 86.0 Å². The fourth-order valence-electron chi connectivity index (χ4n) is 1.83. The summed E-state index contributed by atoms with van der Waals surface area (Å²) in [6, 6.07) is 12.3. The normalized spacial score (nSPS) is 9.80. The zero-order valence-corrected chi connectivity index (χ0v) is 10.9. The molecule has 0 bridgehead atoms. The van der Waals surface area contributed by atoms with Gasteiger partial charge in [0.05, 0.1) is 17.2 Å². The number of nitrogens with one attached hydrogen (secondary N) is 1. The molecular formula is C15H13N3O2. The smallest absolute Gasteiger partial charge is 0.335 e. The van der Waals surface area contributed by atoms with Crippen LogP contribution in [0.1, 0.15) is 27.2 Å². The van der Waals surface area contributed by atoms with Gasteiger partial charge in [0.1, 0.15) is 5.82 Å². The van der Waals surface area contributed by atoms with Gasteiger partial charge in [0.25, 0.3) is 0 Å². The molecule has 1 aromatic heterocycles. The summed E-state index contributed by atoms with van der Waals surface area (Å²) in [7, 11) is 0. The summed E-state index contributed by atoms with van der Waals surface area (Å²) in [5, 5.41) is 20.9. The van der Waals surface area contributed by atoms with Crippen LogP contribution in [0, 0.1) is 18.3 Å². The van der Waals surface area contributed by atoms with Gasteiger partial charge in [0, 0.05) is 12.2 Å². The van der Waals surface area contributed by atoms with Gasteiger partial charge in [0.2, 0.25) is 0 Å². The van der Waals surface area contributed by atoms with Crippen molar-refractivity contribution in [3.8, 4) is 6.07 Å². The minimum atomic E-state index is -0.981. The summed E-state index contributed by atoms with van der Waals surface area (Å²) in [6.07, 6.45) is 0. The molecule has 0 saturated heterocycles. The van der Waals surface area contributed by atoms with Crippen LogP contribution >= 0.6 is 0 Å². The number of carboxylic acid groups (broad SMARTS) is 1. The number of nitrogens with zero attached hydrogens (tertiary/aromatic N) is 2. The molecule has 2 rings (SSSR count). The van der Waals surface area contributed by atoms with Gasteiger partial charge in [-0.15, -0.1) is 0 Å². The van der Waals surface area contributed by atoms with Crippen LogP contribution in [0.25, 0.3) is 0 Å². The van der Waals surface area contributed by atoms with Crippen molar-refractivity contribution in [1.29, 1.82) is 5.26 Å².